The van der Waals surface area contributed by atoms with Crippen LogP contribution < -0.4 is 10.5 Å². The van der Waals surface area contributed by atoms with Crippen LogP contribution in [0.15, 0.2) is 40.9 Å². The third kappa shape index (κ3) is 3.06. The van der Waals surface area contributed by atoms with E-state index in [-0.39, 0.29) is 5.56 Å². The second-order valence-corrected chi connectivity index (χ2v) is 4.99. The molecule has 19 heavy (non-hydrogen) atoms. The van der Waals surface area contributed by atoms with Crippen molar-refractivity contribution in [1.29, 1.82) is 0 Å². The number of rotatable bonds is 3. The van der Waals surface area contributed by atoms with Crippen molar-refractivity contribution in [2.24, 2.45) is 0 Å². The van der Waals surface area contributed by atoms with Crippen molar-refractivity contribution in [2.75, 3.05) is 5.73 Å². The molecule has 98 valence electrons. The fourth-order valence-electron chi connectivity index (χ4n) is 1.62. The summed E-state index contributed by atoms with van der Waals surface area (Å²) in [6.45, 7) is 1.92. The molecule has 2 aromatic carbocycles. The Morgan fingerprint density at radius 3 is 2.47 bits per heavy atom. The van der Waals surface area contributed by atoms with E-state index < -0.39 is 5.97 Å². The van der Waals surface area contributed by atoms with Crippen molar-refractivity contribution in [3.63, 3.8) is 0 Å². The summed E-state index contributed by atoms with van der Waals surface area (Å²) in [6.07, 6.45) is 0. The molecule has 0 saturated heterocycles. The molecule has 0 aromatic heterocycles. The number of aryl methyl sites for hydroxylation is 1. The van der Waals surface area contributed by atoms with Crippen LogP contribution in [-0.2, 0) is 0 Å². The number of ether oxygens (including phenoxy) is 1. The minimum Gasteiger partial charge on any atom is -0.478 e. The van der Waals surface area contributed by atoms with Crippen molar-refractivity contribution in [3.8, 4) is 11.5 Å². The smallest absolute Gasteiger partial charge is 0.335 e. The van der Waals surface area contributed by atoms with Gasteiger partial charge in [0, 0.05) is 4.47 Å². The van der Waals surface area contributed by atoms with Gasteiger partial charge in [0.1, 0.15) is 11.5 Å². The van der Waals surface area contributed by atoms with Crippen molar-refractivity contribution < 1.29 is 14.6 Å². The Balaban J connectivity index is 2.31. The average molecular weight is 322 g/mol. The highest BCUT2D eigenvalue weighted by Crippen LogP contribution is 2.31. The highest BCUT2D eigenvalue weighted by Gasteiger charge is 2.09. The van der Waals surface area contributed by atoms with Crippen LogP contribution in [0.5, 0.6) is 11.5 Å². The minimum atomic E-state index is -1.02. The van der Waals surface area contributed by atoms with E-state index in [9.17, 15) is 4.79 Å². The largest absolute Gasteiger partial charge is 0.478 e. The lowest BCUT2D eigenvalue weighted by atomic mass is 10.2. The van der Waals surface area contributed by atoms with Gasteiger partial charge in [-0.25, -0.2) is 4.79 Å². The lowest BCUT2D eigenvalue weighted by Crippen LogP contribution is -1.99. The van der Waals surface area contributed by atoms with Gasteiger partial charge in [0.15, 0.2) is 0 Å². The van der Waals surface area contributed by atoms with Gasteiger partial charge >= 0.3 is 5.97 Å². The third-order valence-corrected chi connectivity index (χ3v) is 3.11. The molecule has 0 saturated carbocycles. The quantitative estimate of drug-likeness (QED) is 0.843. The van der Waals surface area contributed by atoms with Gasteiger partial charge in [-0.3, -0.25) is 0 Å². The number of carbonyl (C=O) groups is 1. The van der Waals surface area contributed by atoms with Gasteiger partial charge in [-0.15, -0.1) is 0 Å². The van der Waals surface area contributed by atoms with E-state index in [1.807, 2.05) is 25.1 Å². The molecule has 4 nitrogen and oxygen atoms in total. The molecule has 0 unspecified atom stereocenters. The summed E-state index contributed by atoms with van der Waals surface area (Å²) in [6, 6.07) is 10.0. The summed E-state index contributed by atoms with van der Waals surface area (Å²) in [5.41, 5.74) is 7.17. The Morgan fingerprint density at radius 1 is 1.21 bits per heavy atom. The molecular weight excluding hydrogens is 310 g/mol. The lowest BCUT2D eigenvalue weighted by Gasteiger charge is -2.11. The number of nitrogen functional groups attached to an aromatic ring is 1. The fraction of sp³-hybridized carbons (Fsp3) is 0.0714. The molecule has 5 heteroatoms. The van der Waals surface area contributed by atoms with E-state index in [0.717, 1.165) is 10.0 Å². The zero-order chi connectivity index (χ0) is 14.0. The Kier molecular flexibility index (Phi) is 3.76. The van der Waals surface area contributed by atoms with Crippen molar-refractivity contribution >= 4 is 27.6 Å². The number of nitrogens with two attached hydrogens (primary N) is 1. The summed E-state index contributed by atoms with van der Waals surface area (Å²) in [7, 11) is 0. The van der Waals surface area contributed by atoms with Crippen LogP contribution in [0.2, 0.25) is 0 Å². The molecule has 3 N–H and O–H groups in total. The topological polar surface area (TPSA) is 72.5 Å². The summed E-state index contributed by atoms with van der Waals surface area (Å²) >= 11 is 3.38. The zero-order valence-corrected chi connectivity index (χ0v) is 11.8. The first-order valence-electron chi connectivity index (χ1n) is 5.54. The first-order chi connectivity index (χ1) is 8.97. The van der Waals surface area contributed by atoms with E-state index in [1.54, 1.807) is 6.07 Å². The number of benzene rings is 2. The fourth-order valence-corrected chi connectivity index (χ4v) is 2.10. The van der Waals surface area contributed by atoms with Gasteiger partial charge in [0.05, 0.1) is 11.3 Å². The lowest BCUT2D eigenvalue weighted by molar-refractivity contribution is 0.0697. The maximum atomic E-state index is 10.8. The predicted molar refractivity (Wildman–Crippen MR) is 76.8 cm³/mol. The van der Waals surface area contributed by atoms with Crippen molar-refractivity contribution in [1.82, 2.24) is 0 Å². The van der Waals surface area contributed by atoms with Crippen LogP contribution in [0, 0.1) is 6.92 Å². The maximum Gasteiger partial charge on any atom is 0.335 e. The average Bonchev–Trinajstić information content (AvgIpc) is 2.34. The van der Waals surface area contributed by atoms with Gasteiger partial charge in [0.2, 0.25) is 0 Å². The van der Waals surface area contributed by atoms with E-state index in [2.05, 4.69) is 15.9 Å². The molecule has 0 amide bonds. The highest BCUT2D eigenvalue weighted by atomic mass is 79.9. The molecule has 0 aliphatic carbocycles. The number of carboxylic acids is 1. The van der Waals surface area contributed by atoms with Gasteiger partial charge < -0.3 is 15.6 Å². The summed E-state index contributed by atoms with van der Waals surface area (Å²) in [5, 5.41) is 8.86. The number of halogens is 1. The predicted octanol–water partition coefficient (Wildman–Crippen LogP) is 3.83. The van der Waals surface area contributed by atoms with Crippen molar-refractivity contribution in [2.45, 2.75) is 6.92 Å². The van der Waals surface area contributed by atoms with Gasteiger partial charge in [-0.1, -0.05) is 15.9 Å². The van der Waals surface area contributed by atoms with Crippen LogP contribution in [0.1, 0.15) is 15.9 Å². The van der Waals surface area contributed by atoms with Crippen LogP contribution >= 0.6 is 15.9 Å². The summed E-state index contributed by atoms with van der Waals surface area (Å²) < 4.78 is 6.66. The van der Waals surface area contributed by atoms with E-state index >= 15 is 0 Å². The van der Waals surface area contributed by atoms with Crippen LogP contribution in [0.25, 0.3) is 0 Å². The highest BCUT2D eigenvalue weighted by molar-refractivity contribution is 9.10. The SMILES string of the molecule is Cc1cc(Br)ccc1Oc1ccc(C(=O)O)cc1N. The molecule has 0 bridgehead atoms. The maximum absolute atomic E-state index is 10.8. The normalized spacial score (nSPS) is 10.2. The molecule has 2 aromatic rings. The summed E-state index contributed by atoms with van der Waals surface area (Å²) in [5.74, 6) is 0.103. The molecule has 0 heterocycles. The Bertz CT molecular complexity index is 641. The number of hydrogen-bond acceptors (Lipinski definition) is 3. The van der Waals surface area contributed by atoms with E-state index in [0.29, 0.717) is 17.2 Å². The van der Waals surface area contributed by atoms with Crippen LogP contribution in [0.3, 0.4) is 0 Å². The minimum absolute atomic E-state index is 0.136. The van der Waals surface area contributed by atoms with Crippen LogP contribution in [0.4, 0.5) is 5.69 Å². The number of aromatic carboxylic acids is 1. The Labute approximate surface area is 118 Å². The standard InChI is InChI=1S/C14H12BrNO3/c1-8-6-10(15)3-5-12(8)19-13-4-2-9(14(17)18)7-11(13)16/h2-7H,16H2,1H3,(H,17,18). The summed E-state index contributed by atoms with van der Waals surface area (Å²) in [4.78, 5) is 10.8. The molecule has 0 fully saturated rings. The van der Waals surface area contributed by atoms with Crippen LogP contribution in [-0.4, -0.2) is 11.1 Å². The molecule has 0 aliphatic rings. The Hall–Kier alpha value is -2.01. The van der Waals surface area contributed by atoms with Crippen molar-refractivity contribution in [3.05, 3.63) is 52.0 Å². The first-order valence-corrected chi connectivity index (χ1v) is 6.33. The van der Waals surface area contributed by atoms with E-state index in [1.165, 1.54) is 12.1 Å². The monoisotopic (exact) mass is 321 g/mol. The van der Waals surface area contributed by atoms with E-state index in [4.69, 9.17) is 15.6 Å². The molecule has 0 radical (unpaired) electrons. The molecule has 0 atom stereocenters. The van der Waals surface area contributed by atoms with Gasteiger partial charge in [-0.2, -0.15) is 0 Å². The second kappa shape index (κ2) is 5.32. The second-order valence-electron chi connectivity index (χ2n) is 4.07. The number of hydrogen-bond donors (Lipinski definition) is 2. The molecule has 0 spiro atoms. The Morgan fingerprint density at radius 2 is 1.89 bits per heavy atom. The van der Waals surface area contributed by atoms with Gasteiger partial charge in [0.25, 0.3) is 0 Å². The first kappa shape index (κ1) is 13.4. The number of carboxylic acid groups (broad SMARTS) is 1. The molecule has 2 rings (SSSR count). The van der Waals surface area contributed by atoms with Gasteiger partial charge in [-0.05, 0) is 48.9 Å². The zero-order valence-electron chi connectivity index (χ0n) is 10.2. The third-order valence-electron chi connectivity index (χ3n) is 2.61. The molecule has 0 aliphatic heterocycles. The number of anilines is 1. The molecular formula is C14H12BrNO3.